The van der Waals surface area contributed by atoms with Crippen LogP contribution in [0.25, 0.3) is 22.4 Å². The van der Waals surface area contributed by atoms with E-state index in [0.29, 0.717) is 65.9 Å². The van der Waals surface area contributed by atoms with Gasteiger partial charge < -0.3 is 40.4 Å². The Bertz CT molecular complexity index is 1620. The zero-order valence-corrected chi connectivity index (χ0v) is 27.3. The molecule has 0 aliphatic rings. The Morgan fingerprint density at radius 1 is 0.896 bits per heavy atom. The number of carboxylic acid groups (broad SMARTS) is 1. The van der Waals surface area contributed by atoms with Crippen molar-refractivity contribution in [2.45, 2.75) is 57.8 Å². The predicted octanol–water partition coefficient (Wildman–Crippen LogP) is 5.67. The number of nitrogens with one attached hydrogen (secondary N) is 1. The third kappa shape index (κ3) is 9.74. The molecule has 0 radical (unpaired) electrons. The molecule has 6 N–H and O–H groups in total. The topological polar surface area (TPSA) is 156 Å². The molecule has 4 aromatic rings. The van der Waals surface area contributed by atoms with Crippen molar-refractivity contribution in [3.63, 3.8) is 0 Å². The summed E-state index contributed by atoms with van der Waals surface area (Å²) >= 11 is 0. The standard InChI is InChI=1S/C37H44FN3O7/c1-24(2)35-34(37(46)40-28-6-4-3-5-7-28)33(25-10-14-31(15-11-25)48-21-20-47-19-17-39)36(26-8-12-27(38)13-9-26)41(35)18-16-29(42)22-30(43)23-32(44)45/h3-15,24,29-30,42-43H,16-23,39H2,1-2H3,(H,40,46)(H,44,45)/t29-,30-/m1/s1. The van der Waals surface area contributed by atoms with Crippen LogP contribution in [0.5, 0.6) is 5.75 Å². The fraction of sp³-hybridized carbons (Fsp3) is 0.351. The third-order valence-corrected chi connectivity index (χ3v) is 7.77. The fourth-order valence-electron chi connectivity index (χ4n) is 5.72. The summed E-state index contributed by atoms with van der Waals surface area (Å²) in [5.74, 6) is -1.46. The number of rotatable bonds is 18. The molecular formula is C37H44FN3O7. The minimum atomic E-state index is -1.21. The van der Waals surface area contributed by atoms with E-state index in [9.17, 15) is 24.2 Å². The Morgan fingerprint density at radius 3 is 2.19 bits per heavy atom. The molecule has 48 heavy (non-hydrogen) atoms. The predicted molar refractivity (Wildman–Crippen MR) is 183 cm³/mol. The van der Waals surface area contributed by atoms with Crippen LogP contribution in [0.2, 0.25) is 0 Å². The first-order chi connectivity index (χ1) is 23.1. The quantitative estimate of drug-likeness (QED) is 0.0855. The normalized spacial score (nSPS) is 12.6. The number of aliphatic hydroxyl groups is 2. The molecule has 1 heterocycles. The van der Waals surface area contributed by atoms with E-state index < -0.39 is 30.4 Å². The second-order valence-electron chi connectivity index (χ2n) is 11.8. The molecule has 256 valence electrons. The van der Waals surface area contributed by atoms with Crippen molar-refractivity contribution in [3.8, 4) is 28.1 Å². The van der Waals surface area contributed by atoms with Crippen molar-refractivity contribution in [2.75, 3.05) is 31.7 Å². The lowest BCUT2D eigenvalue weighted by molar-refractivity contribution is -0.139. The maximum Gasteiger partial charge on any atom is 0.305 e. The van der Waals surface area contributed by atoms with Gasteiger partial charge in [0.2, 0.25) is 0 Å². The number of aliphatic hydroxyl groups excluding tert-OH is 2. The lowest BCUT2D eigenvalue weighted by Crippen LogP contribution is -2.22. The number of para-hydroxylation sites is 1. The summed E-state index contributed by atoms with van der Waals surface area (Å²) in [5, 5.41) is 33.1. The molecule has 0 saturated carbocycles. The zero-order valence-electron chi connectivity index (χ0n) is 27.3. The molecular weight excluding hydrogens is 617 g/mol. The number of aliphatic carboxylic acids is 1. The molecule has 3 aromatic carbocycles. The SMILES string of the molecule is CC(C)c1c(C(=O)Nc2ccccc2)c(-c2ccc(OCCOCCN)cc2)c(-c2ccc(F)cc2)n1CC[C@@H](O)C[C@@H](O)CC(=O)O. The van der Waals surface area contributed by atoms with E-state index in [2.05, 4.69) is 5.32 Å². The third-order valence-electron chi connectivity index (χ3n) is 7.77. The summed E-state index contributed by atoms with van der Waals surface area (Å²) in [6, 6.07) is 22.5. The first kappa shape index (κ1) is 36.3. The molecule has 11 heteroatoms. The van der Waals surface area contributed by atoms with E-state index in [-0.39, 0.29) is 31.2 Å². The van der Waals surface area contributed by atoms with Gasteiger partial charge in [-0.25, -0.2) is 4.39 Å². The smallest absolute Gasteiger partial charge is 0.305 e. The van der Waals surface area contributed by atoms with Crippen LogP contribution in [0.3, 0.4) is 0 Å². The summed E-state index contributed by atoms with van der Waals surface area (Å²) in [5.41, 5.74) is 9.87. The number of anilines is 1. The molecule has 0 unspecified atom stereocenters. The zero-order chi connectivity index (χ0) is 34.6. The number of hydrogen-bond acceptors (Lipinski definition) is 7. The van der Waals surface area contributed by atoms with Crippen molar-refractivity contribution in [2.24, 2.45) is 5.73 Å². The van der Waals surface area contributed by atoms with Crippen LogP contribution in [0, 0.1) is 5.82 Å². The van der Waals surface area contributed by atoms with Crippen molar-refractivity contribution in [3.05, 3.63) is 95.9 Å². The highest BCUT2D eigenvalue weighted by molar-refractivity contribution is 6.12. The summed E-state index contributed by atoms with van der Waals surface area (Å²) < 4.78 is 27.4. The van der Waals surface area contributed by atoms with Gasteiger partial charge >= 0.3 is 5.97 Å². The van der Waals surface area contributed by atoms with Crippen molar-refractivity contribution in [1.29, 1.82) is 0 Å². The van der Waals surface area contributed by atoms with Crippen LogP contribution >= 0.6 is 0 Å². The highest BCUT2D eigenvalue weighted by atomic mass is 19.1. The number of carboxylic acids is 1. The first-order valence-corrected chi connectivity index (χ1v) is 16.1. The minimum Gasteiger partial charge on any atom is -0.491 e. The van der Waals surface area contributed by atoms with Gasteiger partial charge in [0.15, 0.2) is 0 Å². The highest BCUT2D eigenvalue weighted by Crippen LogP contribution is 2.43. The highest BCUT2D eigenvalue weighted by Gasteiger charge is 2.31. The van der Waals surface area contributed by atoms with E-state index in [1.807, 2.05) is 60.9 Å². The van der Waals surface area contributed by atoms with Gasteiger partial charge in [-0.1, -0.05) is 44.2 Å². The van der Waals surface area contributed by atoms with Gasteiger partial charge in [0.1, 0.15) is 18.2 Å². The molecule has 0 aliphatic carbocycles. The Hall–Kier alpha value is -4.55. The molecule has 1 aromatic heterocycles. The minimum absolute atomic E-state index is 0.122. The lowest BCUT2D eigenvalue weighted by atomic mass is 9.94. The number of nitrogens with zero attached hydrogens (tertiary/aromatic N) is 1. The average molecular weight is 662 g/mol. The van der Waals surface area contributed by atoms with Crippen LogP contribution in [-0.2, 0) is 16.1 Å². The van der Waals surface area contributed by atoms with E-state index in [1.54, 1.807) is 24.3 Å². The average Bonchev–Trinajstić information content (AvgIpc) is 3.40. The molecule has 0 spiro atoms. The monoisotopic (exact) mass is 661 g/mol. The van der Waals surface area contributed by atoms with Crippen LogP contribution < -0.4 is 15.8 Å². The number of carbonyl (C=O) groups is 2. The van der Waals surface area contributed by atoms with Gasteiger partial charge in [-0.15, -0.1) is 0 Å². The van der Waals surface area contributed by atoms with Crippen LogP contribution in [0.15, 0.2) is 78.9 Å². The number of hydrogen-bond donors (Lipinski definition) is 5. The summed E-state index contributed by atoms with van der Waals surface area (Å²) in [4.78, 5) is 25.4. The van der Waals surface area contributed by atoms with Gasteiger partial charge in [-0.3, -0.25) is 9.59 Å². The number of halogens is 1. The summed E-state index contributed by atoms with van der Waals surface area (Å²) in [6.07, 6.45) is -2.66. The molecule has 2 atom stereocenters. The maximum absolute atomic E-state index is 14.3. The van der Waals surface area contributed by atoms with Crippen LogP contribution in [0.1, 0.15) is 55.1 Å². The van der Waals surface area contributed by atoms with Gasteiger partial charge in [0, 0.05) is 30.0 Å². The van der Waals surface area contributed by atoms with E-state index in [0.717, 1.165) is 5.56 Å². The molecule has 10 nitrogen and oxygen atoms in total. The molecule has 0 fully saturated rings. The molecule has 1 amide bonds. The number of ether oxygens (including phenoxy) is 2. The fourth-order valence-corrected chi connectivity index (χ4v) is 5.72. The van der Waals surface area contributed by atoms with Gasteiger partial charge in [0.25, 0.3) is 5.91 Å². The molecule has 4 rings (SSSR count). The number of aromatic nitrogens is 1. The van der Waals surface area contributed by atoms with Crippen LogP contribution in [0.4, 0.5) is 10.1 Å². The number of nitrogens with two attached hydrogens (primary N) is 1. The van der Waals surface area contributed by atoms with E-state index >= 15 is 0 Å². The maximum atomic E-state index is 14.3. The van der Waals surface area contributed by atoms with Gasteiger partial charge in [0.05, 0.1) is 43.1 Å². The van der Waals surface area contributed by atoms with Crippen LogP contribution in [-0.4, -0.2) is 70.3 Å². The number of amides is 1. The van der Waals surface area contributed by atoms with Gasteiger partial charge in [-0.2, -0.15) is 0 Å². The largest absolute Gasteiger partial charge is 0.491 e. The summed E-state index contributed by atoms with van der Waals surface area (Å²) in [7, 11) is 0. The van der Waals surface area contributed by atoms with Crippen molar-refractivity contribution in [1.82, 2.24) is 4.57 Å². The second kappa shape index (κ2) is 17.6. The van der Waals surface area contributed by atoms with Crippen molar-refractivity contribution < 1.29 is 38.8 Å². The Balaban J connectivity index is 1.84. The summed E-state index contributed by atoms with van der Waals surface area (Å²) in [6.45, 7) is 5.77. The van der Waals surface area contributed by atoms with E-state index in [4.69, 9.17) is 20.3 Å². The van der Waals surface area contributed by atoms with Crippen molar-refractivity contribution >= 4 is 17.6 Å². The first-order valence-electron chi connectivity index (χ1n) is 16.1. The Labute approximate surface area is 279 Å². The van der Waals surface area contributed by atoms with Gasteiger partial charge in [-0.05, 0) is 78.4 Å². The lowest BCUT2D eigenvalue weighted by Gasteiger charge is -2.20. The number of carbonyl (C=O) groups excluding carboxylic acids is 1. The molecule has 0 aliphatic heterocycles. The second-order valence-corrected chi connectivity index (χ2v) is 11.8. The Morgan fingerprint density at radius 2 is 1.56 bits per heavy atom. The number of benzene rings is 3. The Kier molecular flexibility index (Phi) is 13.3. The van der Waals surface area contributed by atoms with E-state index in [1.165, 1.54) is 12.1 Å². The molecule has 0 saturated heterocycles. The molecule has 0 bridgehead atoms.